The molecule has 2 aromatic carbocycles. The van der Waals surface area contributed by atoms with Crippen molar-refractivity contribution in [3.05, 3.63) is 63.4 Å². The van der Waals surface area contributed by atoms with Crippen molar-refractivity contribution in [3.8, 4) is 0 Å². The van der Waals surface area contributed by atoms with Gasteiger partial charge in [-0.25, -0.2) is 8.78 Å². The maximum atomic E-state index is 13.5. The molecular formula is C15H11ClF2N2S. The van der Waals surface area contributed by atoms with Crippen LogP contribution in [0.1, 0.15) is 18.5 Å². The zero-order valence-electron chi connectivity index (χ0n) is 11.0. The van der Waals surface area contributed by atoms with Crippen molar-refractivity contribution in [2.24, 2.45) is 0 Å². The quantitative estimate of drug-likeness (QED) is 0.639. The van der Waals surface area contributed by atoms with E-state index in [1.54, 1.807) is 10.6 Å². The standard InChI is InChI=1S/C15H11ClF2N2S/c1-8(9-3-2-4-10(17)5-9)20-14-6-11(16)12(18)7-13(14)19-15(20)21/h2-8H,1H3,(H,19,21). The van der Waals surface area contributed by atoms with Crippen molar-refractivity contribution >= 4 is 34.9 Å². The summed E-state index contributed by atoms with van der Waals surface area (Å²) < 4.78 is 29.1. The normalized spacial score (nSPS) is 12.8. The van der Waals surface area contributed by atoms with Gasteiger partial charge in [0.25, 0.3) is 0 Å². The number of halogens is 3. The third kappa shape index (κ3) is 2.47. The molecule has 1 N–H and O–H groups in total. The van der Waals surface area contributed by atoms with Crippen LogP contribution in [-0.2, 0) is 0 Å². The van der Waals surface area contributed by atoms with Crippen LogP contribution in [0.5, 0.6) is 0 Å². The largest absolute Gasteiger partial charge is 0.330 e. The number of aromatic amines is 1. The molecule has 3 rings (SSSR count). The summed E-state index contributed by atoms with van der Waals surface area (Å²) >= 11 is 11.1. The van der Waals surface area contributed by atoms with E-state index in [9.17, 15) is 8.78 Å². The molecule has 1 aromatic heterocycles. The van der Waals surface area contributed by atoms with Crippen LogP contribution in [0.3, 0.4) is 0 Å². The van der Waals surface area contributed by atoms with E-state index < -0.39 is 5.82 Å². The van der Waals surface area contributed by atoms with E-state index >= 15 is 0 Å². The molecule has 1 heterocycles. The van der Waals surface area contributed by atoms with E-state index in [2.05, 4.69) is 4.98 Å². The Morgan fingerprint density at radius 1 is 1.24 bits per heavy atom. The Morgan fingerprint density at radius 3 is 2.71 bits per heavy atom. The lowest BCUT2D eigenvalue weighted by atomic mass is 10.1. The summed E-state index contributed by atoms with van der Waals surface area (Å²) in [6.07, 6.45) is 0. The Labute approximate surface area is 130 Å². The molecule has 0 bridgehead atoms. The Hall–Kier alpha value is -1.72. The minimum atomic E-state index is -0.508. The molecule has 0 aliphatic heterocycles. The van der Waals surface area contributed by atoms with Crippen LogP contribution in [0, 0.1) is 16.4 Å². The Bertz CT molecular complexity index is 885. The molecule has 2 nitrogen and oxygen atoms in total. The predicted molar refractivity (Wildman–Crippen MR) is 82.3 cm³/mol. The van der Waals surface area contributed by atoms with Crippen molar-refractivity contribution in [1.82, 2.24) is 9.55 Å². The highest BCUT2D eigenvalue weighted by Gasteiger charge is 2.15. The van der Waals surface area contributed by atoms with Gasteiger partial charge in [0, 0.05) is 6.07 Å². The summed E-state index contributed by atoms with van der Waals surface area (Å²) in [5.74, 6) is -0.819. The highest BCUT2D eigenvalue weighted by atomic mass is 35.5. The Kier molecular flexibility index (Phi) is 3.55. The number of fused-ring (bicyclic) bond motifs is 1. The highest BCUT2D eigenvalue weighted by Crippen LogP contribution is 2.28. The molecule has 1 atom stereocenters. The Balaban J connectivity index is 2.22. The van der Waals surface area contributed by atoms with E-state index in [-0.39, 0.29) is 16.9 Å². The molecule has 0 saturated carbocycles. The minimum Gasteiger partial charge on any atom is -0.330 e. The molecule has 1 unspecified atom stereocenters. The molecule has 21 heavy (non-hydrogen) atoms. The monoisotopic (exact) mass is 324 g/mol. The predicted octanol–water partition coefficient (Wildman–Crippen LogP) is 5.24. The topological polar surface area (TPSA) is 20.7 Å². The van der Waals surface area contributed by atoms with Gasteiger partial charge in [0.2, 0.25) is 0 Å². The lowest BCUT2D eigenvalue weighted by Crippen LogP contribution is -2.07. The van der Waals surface area contributed by atoms with E-state index in [1.165, 1.54) is 24.3 Å². The molecule has 0 amide bonds. The number of hydrogen-bond donors (Lipinski definition) is 1. The van der Waals surface area contributed by atoms with Gasteiger partial charge in [0.15, 0.2) is 4.77 Å². The first-order valence-electron chi connectivity index (χ1n) is 6.32. The summed E-state index contributed by atoms with van der Waals surface area (Å²) in [6, 6.07) is 8.93. The number of imidazole rings is 1. The third-order valence-electron chi connectivity index (χ3n) is 3.48. The fraction of sp³-hybridized carbons (Fsp3) is 0.133. The summed E-state index contributed by atoms with van der Waals surface area (Å²) in [6.45, 7) is 1.90. The summed E-state index contributed by atoms with van der Waals surface area (Å²) in [5.41, 5.74) is 2.01. The van der Waals surface area contributed by atoms with Gasteiger partial charge in [0.05, 0.1) is 22.1 Å². The zero-order valence-corrected chi connectivity index (χ0v) is 12.6. The van der Waals surface area contributed by atoms with Crippen LogP contribution >= 0.6 is 23.8 Å². The van der Waals surface area contributed by atoms with Crippen molar-refractivity contribution < 1.29 is 8.78 Å². The van der Waals surface area contributed by atoms with Gasteiger partial charge in [0.1, 0.15) is 11.6 Å². The average Bonchev–Trinajstić information content (AvgIpc) is 2.74. The maximum absolute atomic E-state index is 13.5. The van der Waals surface area contributed by atoms with Crippen molar-refractivity contribution in [2.75, 3.05) is 0 Å². The third-order valence-corrected chi connectivity index (χ3v) is 4.07. The fourth-order valence-electron chi connectivity index (χ4n) is 2.42. The number of hydrogen-bond acceptors (Lipinski definition) is 1. The molecule has 108 valence electrons. The SMILES string of the molecule is CC(c1cccc(F)c1)n1c(=S)[nH]c2cc(F)c(Cl)cc21. The highest BCUT2D eigenvalue weighted by molar-refractivity contribution is 7.71. The van der Waals surface area contributed by atoms with Crippen molar-refractivity contribution in [3.63, 3.8) is 0 Å². The first kappa shape index (κ1) is 14.2. The fourth-order valence-corrected chi connectivity index (χ4v) is 2.94. The minimum absolute atomic E-state index is 0.0247. The molecular weight excluding hydrogens is 314 g/mol. The number of aromatic nitrogens is 2. The maximum Gasteiger partial charge on any atom is 0.178 e. The van der Waals surface area contributed by atoms with Gasteiger partial charge >= 0.3 is 0 Å². The molecule has 0 radical (unpaired) electrons. The van der Waals surface area contributed by atoms with Crippen LogP contribution < -0.4 is 0 Å². The number of benzene rings is 2. The summed E-state index contributed by atoms with van der Waals surface area (Å²) in [7, 11) is 0. The van der Waals surface area contributed by atoms with Crippen molar-refractivity contribution in [2.45, 2.75) is 13.0 Å². The molecule has 0 saturated heterocycles. The lowest BCUT2D eigenvalue weighted by Gasteiger charge is -2.15. The first-order valence-corrected chi connectivity index (χ1v) is 7.10. The van der Waals surface area contributed by atoms with Gasteiger partial charge in [-0.15, -0.1) is 0 Å². The smallest absolute Gasteiger partial charge is 0.178 e. The number of rotatable bonds is 2. The second kappa shape index (κ2) is 5.24. The van der Waals surface area contributed by atoms with Gasteiger partial charge in [-0.05, 0) is 42.9 Å². The van der Waals surface area contributed by atoms with E-state index in [1.807, 2.05) is 13.0 Å². The summed E-state index contributed by atoms with van der Waals surface area (Å²) in [4.78, 5) is 2.95. The first-order chi connectivity index (χ1) is 9.97. The summed E-state index contributed by atoms with van der Waals surface area (Å²) in [5, 5.41) is 0.0247. The number of H-pyrrole nitrogens is 1. The van der Waals surface area contributed by atoms with Crippen molar-refractivity contribution in [1.29, 1.82) is 0 Å². The van der Waals surface area contributed by atoms with Gasteiger partial charge in [-0.2, -0.15) is 0 Å². The molecule has 6 heteroatoms. The Morgan fingerprint density at radius 2 is 2.00 bits per heavy atom. The number of nitrogens with one attached hydrogen (secondary N) is 1. The molecule has 0 fully saturated rings. The van der Waals surface area contributed by atoms with Crippen LogP contribution in [0.25, 0.3) is 11.0 Å². The molecule has 0 aliphatic carbocycles. The van der Waals surface area contributed by atoms with E-state index in [0.29, 0.717) is 15.8 Å². The number of nitrogens with zero attached hydrogens (tertiary/aromatic N) is 1. The van der Waals surface area contributed by atoms with E-state index in [0.717, 1.165) is 5.56 Å². The zero-order chi connectivity index (χ0) is 15.1. The second-order valence-corrected chi connectivity index (χ2v) is 5.61. The van der Waals surface area contributed by atoms with Crippen LogP contribution in [-0.4, -0.2) is 9.55 Å². The van der Waals surface area contributed by atoms with Crippen LogP contribution in [0.4, 0.5) is 8.78 Å². The van der Waals surface area contributed by atoms with Crippen LogP contribution in [0.2, 0.25) is 5.02 Å². The molecule has 3 aromatic rings. The van der Waals surface area contributed by atoms with Crippen LogP contribution in [0.15, 0.2) is 36.4 Å². The van der Waals surface area contributed by atoms with Gasteiger partial charge in [-0.3, -0.25) is 0 Å². The lowest BCUT2D eigenvalue weighted by molar-refractivity contribution is 0.607. The molecule has 0 spiro atoms. The van der Waals surface area contributed by atoms with Gasteiger partial charge in [-0.1, -0.05) is 23.7 Å². The molecule has 0 aliphatic rings. The second-order valence-electron chi connectivity index (χ2n) is 4.81. The average molecular weight is 325 g/mol. The van der Waals surface area contributed by atoms with E-state index in [4.69, 9.17) is 23.8 Å². The van der Waals surface area contributed by atoms with Gasteiger partial charge < -0.3 is 9.55 Å².